The Morgan fingerprint density at radius 3 is 1.65 bits per heavy atom. The molecular formula is C36H36N4O7S. The maximum atomic E-state index is 10.5. The van der Waals surface area contributed by atoms with Gasteiger partial charge in [-0.2, -0.15) is 13.5 Å². The SMILES string of the molecule is Cc1ccc(S(=O)(=O)O)cc1.N=C(N)N(O)/N=C/c1ccc(OCc2ccccc2)c(OCc2ccccc2)c1OCc1ccccc1. The number of hydrogen-bond acceptors (Lipinski definition) is 8. The number of nitrogens with zero attached hydrogens (tertiary/aromatic N) is 2. The summed E-state index contributed by atoms with van der Waals surface area (Å²) in [4.78, 5) is -0.0666. The fourth-order valence-electron chi connectivity index (χ4n) is 4.14. The molecular weight excluding hydrogens is 632 g/mol. The maximum Gasteiger partial charge on any atom is 0.294 e. The third-order valence-corrected chi connectivity index (χ3v) is 7.50. The zero-order valence-electron chi connectivity index (χ0n) is 26.1. The molecule has 5 rings (SSSR count). The number of nitrogens with one attached hydrogen (secondary N) is 1. The minimum absolute atomic E-state index is 0.0666. The Labute approximate surface area is 279 Å². The van der Waals surface area contributed by atoms with Gasteiger partial charge >= 0.3 is 0 Å². The van der Waals surface area contributed by atoms with Crippen molar-refractivity contribution in [1.29, 1.82) is 5.41 Å². The number of hydrogen-bond donors (Lipinski definition) is 4. The molecule has 0 atom stereocenters. The standard InChI is InChI=1S/C29H28N4O4.C7H8O3S/c30-29(31)33(34)32-18-25-16-17-26(35-19-22-10-4-1-5-11-22)28(37-21-24-14-8-3-9-15-24)27(25)36-20-23-12-6-2-7-13-23;1-6-2-4-7(5-3-6)11(8,9)10/h1-18,34H,19-21H2,(H3,30,31);2-5H,1H3,(H,8,9,10)/b32-18+;. The van der Waals surface area contributed by atoms with E-state index in [-0.39, 0.29) is 23.3 Å². The van der Waals surface area contributed by atoms with Gasteiger partial charge in [0.05, 0.1) is 11.1 Å². The van der Waals surface area contributed by atoms with E-state index in [1.807, 2.05) is 97.9 Å². The van der Waals surface area contributed by atoms with E-state index < -0.39 is 16.1 Å². The van der Waals surface area contributed by atoms with Crippen molar-refractivity contribution in [3.63, 3.8) is 0 Å². The summed E-state index contributed by atoms with van der Waals surface area (Å²) >= 11 is 0. The lowest BCUT2D eigenvalue weighted by molar-refractivity contribution is -0.0139. The van der Waals surface area contributed by atoms with Crippen LogP contribution in [0.1, 0.15) is 27.8 Å². The average molecular weight is 669 g/mol. The molecule has 0 bridgehead atoms. The van der Waals surface area contributed by atoms with Crippen molar-refractivity contribution < 1.29 is 32.4 Å². The van der Waals surface area contributed by atoms with Gasteiger partial charge in [-0.1, -0.05) is 109 Å². The van der Waals surface area contributed by atoms with Gasteiger partial charge in [0.15, 0.2) is 11.5 Å². The van der Waals surface area contributed by atoms with E-state index in [9.17, 15) is 13.6 Å². The first-order chi connectivity index (χ1) is 23.1. The number of benzene rings is 5. The van der Waals surface area contributed by atoms with Crippen molar-refractivity contribution in [3.8, 4) is 17.2 Å². The maximum absolute atomic E-state index is 10.5. The largest absolute Gasteiger partial charge is 0.485 e. The molecule has 0 spiro atoms. The molecule has 5 N–H and O–H groups in total. The van der Waals surface area contributed by atoms with Crippen LogP contribution in [0.4, 0.5) is 0 Å². The van der Waals surface area contributed by atoms with Gasteiger partial charge in [-0.15, -0.1) is 5.17 Å². The molecule has 0 unspecified atom stereocenters. The highest BCUT2D eigenvalue weighted by Gasteiger charge is 2.19. The van der Waals surface area contributed by atoms with Gasteiger partial charge < -0.3 is 19.9 Å². The fourth-order valence-corrected chi connectivity index (χ4v) is 4.62. The number of nitrogens with two attached hydrogens (primary N) is 1. The van der Waals surface area contributed by atoms with Crippen LogP contribution in [0.5, 0.6) is 17.2 Å². The van der Waals surface area contributed by atoms with Crippen molar-refractivity contribution in [2.45, 2.75) is 31.6 Å². The Balaban J connectivity index is 0.000000401. The van der Waals surface area contributed by atoms with Crippen molar-refractivity contribution in [3.05, 3.63) is 155 Å². The molecule has 0 saturated heterocycles. The molecule has 5 aromatic carbocycles. The van der Waals surface area contributed by atoms with Crippen molar-refractivity contribution in [2.75, 3.05) is 0 Å². The van der Waals surface area contributed by atoms with Gasteiger partial charge in [0, 0.05) is 5.56 Å². The van der Waals surface area contributed by atoms with E-state index in [1.54, 1.807) is 24.3 Å². The lowest BCUT2D eigenvalue weighted by Gasteiger charge is -2.19. The Hall–Kier alpha value is -5.69. The van der Waals surface area contributed by atoms with Crippen LogP contribution in [-0.4, -0.2) is 35.5 Å². The number of hydrazone groups is 1. The number of ether oxygens (including phenoxy) is 3. The normalized spacial score (nSPS) is 10.9. The third-order valence-electron chi connectivity index (χ3n) is 6.64. The second-order valence-electron chi connectivity index (χ2n) is 10.3. The predicted molar refractivity (Wildman–Crippen MR) is 183 cm³/mol. The summed E-state index contributed by atoms with van der Waals surface area (Å²) in [6.07, 6.45) is 1.35. The average Bonchev–Trinajstić information content (AvgIpc) is 3.09. The molecule has 0 fully saturated rings. The highest BCUT2D eigenvalue weighted by atomic mass is 32.2. The molecule has 0 heterocycles. The second-order valence-corrected chi connectivity index (χ2v) is 11.8. The number of rotatable bonds is 12. The summed E-state index contributed by atoms with van der Waals surface area (Å²) < 4.78 is 48.2. The Kier molecular flexibility index (Phi) is 12.7. The molecule has 48 heavy (non-hydrogen) atoms. The molecule has 11 nitrogen and oxygen atoms in total. The molecule has 12 heteroatoms. The summed E-state index contributed by atoms with van der Waals surface area (Å²) in [5.41, 5.74) is 9.71. The second kappa shape index (κ2) is 17.3. The van der Waals surface area contributed by atoms with Crippen LogP contribution in [-0.2, 0) is 29.9 Å². The van der Waals surface area contributed by atoms with Crippen LogP contribution in [0.2, 0.25) is 0 Å². The topological polar surface area (TPSA) is 168 Å². The molecule has 0 aliphatic carbocycles. The van der Waals surface area contributed by atoms with Crippen molar-refractivity contribution >= 4 is 22.3 Å². The summed E-state index contributed by atoms with van der Waals surface area (Å²) in [6.45, 7) is 2.72. The monoisotopic (exact) mass is 668 g/mol. The lowest BCUT2D eigenvalue weighted by atomic mass is 10.1. The smallest absolute Gasteiger partial charge is 0.294 e. The van der Waals surface area contributed by atoms with Crippen LogP contribution >= 0.6 is 0 Å². The summed E-state index contributed by atoms with van der Waals surface area (Å²) in [6, 6.07) is 38.8. The van der Waals surface area contributed by atoms with Crippen molar-refractivity contribution in [1.82, 2.24) is 5.17 Å². The van der Waals surface area contributed by atoms with Gasteiger partial charge in [0.1, 0.15) is 19.8 Å². The molecule has 248 valence electrons. The Morgan fingerprint density at radius 2 is 1.19 bits per heavy atom. The van der Waals surface area contributed by atoms with Crippen LogP contribution in [0, 0.1) is 12.3 Å². The summed E-state index contributed by atoms with van der Waals surface area (Å²) in [5.74, 6) is 0.650. The van der Waals surface area contributed by atoms with Crippen molar-refractivity contribution in [2.24, 2.45) is 10.8 Å². The van der Waals surface area contributed by atoms with Crippen LogP contribution in [0.15, 0.2) is 137 Å². The van der Waals surface area contributed by atoms with Gasteiger partial charge in [-0.05, 0) is 47.9 Å². The molecule has 0 aliphatic heterocycles. The van der Waals surface area contributed by atoms with E-state index in [4.69, 9.17) is 29.9 Å². The van der Waals surface area contributed by atoms with Gasteiger partial charge in [-0.3, -0.25) is 15.2 Å². The molecule has 0 aromatic heterocycles. The molecule has 0 saturated carbocycles. The first kappa shape index (κ1) is 35.2. The van der Waals surface area contributed by atoms with E-state index in [0.29, 0.717) is 29.4 Å². The quantitative estimate of drug-likeness (QED) is 0.0497. The summed E-state index contributed by atoms with van der Waals surface area (Å²) in [5, 5.41) is 21.2. The molecule has 5 aromatic rings. The van der Waals surface area contributed by atoms with E-state index >= 15 is 0 Å². The summed E-state index contributed by atoms with van der Waals surface area (Å²) in [7, 11) is -4.02. The Morgan fingerprint density at radius 1 is 0.729 bits per heavy atom. The first-order valence-electron chi connectivity index (χ1n) is 14.7. The van der Waals surface area contributed by atoms with E-state index in [2.05, 4.69) is 5.10 Å². The lowest BCUT2D eigenvalue weighted by Crippen LogP contribution is -2.28. The minimum Gasteiger partial charge on any atom is -0.485 e. The van der Waals surface area contributed by atoms with Crippen LogP contribution < -0.4 is 19.9 Å². The third kappa shape index (κ3) is 11.0. The molecule has 0 aliphatic rings. The first-order valence-corrected chi connectivity index (χ1v) is 16.1. The zero-order chi connectivity index (χ0) is 34.4. The van der Waals surface area contributed by atoms with Crippen LogP contribution in [0.3, 0.4) is 0 Å². The van der Waals surface area contributed by atoms with E-state index in [0.717, 1.165) is 22.3 Å². The molecule has 0 amide bonds. The van der Waals surface area contributed by atoms with Crippen LogP contribution in [0.25, 0.3) is 0 Å². The highest BCUT2D eigenvalue weighted by molar-refractivity contribution is 7.85. The van der Waals surface area contributed by atoms with Gasteiger partial charge in [-0.25, -0.2) is 0 Å². The number of hydroxylamine groups is 1. The Bertz CT molecular complexity index is 1890. The number of guanidine groups is 1. The van der Waals surface area contributed by atoms with E-state index in [1.165, 1.54) is 18.3 Å². The highest BCUT2D eigenvalue weighted by Crippen LogP contribution is 2.41. The minimum atomic E-state index is -4.02. The predicted octanol–water partition coefficient (Wildman–Crippen LogP) is 6.58. The fraction of sp³-hybridized carbons (Fsp3) is 0.111. The van der Waals surface area contributed by atoms with Gasteiger partial charge in [0.25, 0.3) is 10.1 Å². The zero-order valence-corrected chi connectivity index (χ0v) is 27.0. The van der Waals surface area contributed by atoms with Gasteiger partial charge in [0.2, 0.25) is 11.7 Å². The molecule has 0 radical (unpaired) electrons. The number of aryl methyl sites for hydroxylation is 1.